The second-order valence-electron chi connectivity index (χ2n) is 14.9. The fourth-order valence-corrected chi connectivity index (χ4v) is 8.31. The van der Waals surface area contributed by atoms with Crippen LogP contribution < -0.4 is 10.6 Å². The van der Waals surface area contributed by atoms with Crippen LogP contribution in [0.1, 0.15) is 75.6 Å². The van der Waals surface area contributed by atoms with Crippen LogP contribution in [-0.4, -0.2) is 93.1 Å². The lowest BCUT2D eigenvalue weighted by Crippen LogP contribution is -2.53. The van der Waals surface area contributed by atoms with Crippen LogP contribution in [0.2, 0.25) is 0 Å². The normalized spacial score (nSPS) is 19.6. The van der Waals surface area contributed by atoms with Crippen LogP contribution in [0.15, 0.2) is 60.8 Å². The van der Waals surface area contributed by atoms with Crippen molar-refractivity contribution in [3.63, 3.8) is 0 Å². The fraction of sp³-hybridized carbons (Fsp3) is 0.415. The van der Waals surface area contributed by atoms with Gasteiger partial charge in [0, 0.05) is 18.7 Å². The maximum absolute atomic E-state index is 13.8. The molecule has 14 nitrogen and oxygen atoms in total. The Balaban J connectivity index is 0.978. The van der Waals surface area contributed by atoms with Crippen LogP contribution >= 0.6 is 0 Å². The molecule has 8 rings (SSSR count). The minimum Gasteiger partial charge on any atom is -0.453 e. The molecule has 2 aromatic heterocycles. The highest BCUT2D eigenvalue weighted by molar-refractivity contribution is 5.92. The van der Waals surface area contributed by atoms with Crippen LogP contribution in [0.25, 0.3) is 44.2 Å². The molecule has 3 aliphatic rings. The first-order valence-corrected chi connectivity index (χ1v) is 19.1. The zero-order valence-electron chi connectivity index (χ0n) is 31.3. The van der Waals surface area contributed by atoms with Crippen molar-refractivity contribution in [3.8, 4) is 22.4 Å². The van der Waals surface area contributed by atoms with Crippen LogP contribution in [0.5, 0.6) is 0 Å². The number of alkyl carbamates (subject to hydrolysis) is 2. The van der Waals surface area contributed by atoms with E-state index >= 15 is 0 Å². The van der Waals surface area contributed by atoms with Crippen LogP contribution in [0.4, 0.5) is 9.59 Å². The number of benzene rings is 3. The minimum atomic E-state index is -0.708. The van der Waals surface area contributed by atoms with E-state index in [0.29, 0.717) is 13.1 Å². The molecular weight excluding hydrogens is 701 g/mol. The predicted octanol–water partition coefficient (Wildman–Crippen LogP) is 6.37. The number of ether oxygens (including phenoxy) is 2. The summed E-state index contributed by atoms with van der Waals surface area (Å²) in [6, 6.07) is 17.2. The summed E-state index contributed by atoms with van der Waals surface area (Å²) in [5, 5.41) is 7.54. The lowest BCUT2D eigenvalue weighted by molar-refractivity contribution is -0.136. The molecule has 0 radical (unpaired) electrons. The predicted molar refractivity (Wildman–Crippen MR) is 206 cm³/mol. The van der Waals surface area contributed by atoms with Crippen molar-refractivity contribution in [2.45, 2.75) is 76.0 Å². The number of carbonyl (C=O) groups excluding carboxylic acids is 4. The molecule has 4 atom stereocenters. The Morgan fingerprint density at radius 1 is 0.727 bits per heavy atom. The van der Waals surface area contributed by atoms with E-state index in [9.17, 15) is 19.2 Å². The first kappa shape index (κ1) is 36.1. The molecule has 5 aromatic rings. The maximum Gasteiger partial charge on any atom is 0.407 e. The number of nitrogens with zero attached hydrogens (tertiary/aromatic N) is 4. The molecule has 1 saturated carbocycles. The third-order valence-electron chi connectivity index (χ3n) is 11.5. The van der Waals surface area contributed by atoms with E-state index in [1.54, 1.807) is 11.8 Å². The number of amides is 4. The van der Waals surface area contributed by atoms with Gasteiger partial charge in [-0.05, 0) is 97.5 Å². The number of nitrogens with one attached hydrogen (secondary N) is 4. The van der Waals surface area contributed by atoms with Gasteiger partial charge in [-0.25, -0.2) is 19.6 Å². The number of methoxy groups -OCH3 is 2. The molecule has 2 saturated heterocycles. The van der Waals surface area contributed by atoms with Gasteiger partial charge in [0.1, 0.15) is 23.7 Å². The number of rotatable bonds is 9. The largest absolute Gasteiger partial charge is 0.453 e. The average molecular weight is 747 g/mol. The topological polar surface area (TPSA) is 175 Å². The summed E-state index contributed by atoms with van der Waals surface area (Å²) < 4.78 is 9.49. The molecule has 14 heteroatoms. The van der Waals surface area contributed by atoms with Crippen molar-refractivity contribution in [1.29, 1.82) is 0 Å². The second-order valence-corrected chi connectivity index (χ2v) is 14.9. The Labute approximate surface area is 318 Å². The summed E-state index contributed by atoms with van der Waals surface area (Å²) in [4.78, 5) is 71.0. The number of likely N-dealkylation sites (tertiary alicyclic amines) is 2. The molecule has 0 spiro atoms. The van der Waals surface area contributed by atoms with E-state index < -0.39 is 24.3 Å². The van der Waals surface area contributed by atoms with Gasteiger partial charge in [0.25, 0.3) is 0 Å². The molecule has 2 aliphatic heterocycles. The summed E-state index contributed by atoms with van der Waals surface area (Å²) in [6.07, 6.45) is 6.78. The van der Waals surface area contributed by atoms with E-state index in [0.717, 1.165) is 101 Å². The molecule has 4 heterocycles. The number of H-pyrrole nitrogens is 2. The first-order chi connectivity index (χ1) is 26.7. The molecule has 0 bridgehead atoms. The third kappa shape index (κ3) is 7.08. The summed E-state index contributed by atoms with van der Waals surface area (Å²) in [5.41, 5.74) is 5.70. The Morgan fingerprint density at radius 2 is 1.35 bits per heavy atom. The van der Waals surface area contributed by atoms with E-state index in [2.05, 4.69) is 78.9 Å². The Morgan fingerprint density at radius 3 is 2.04 bits per heavy atom. The number of hydrogen-bond acceptors (Lipinski definition) is 8. The molecule has 1 aliphatic carbocycles. The lowest BCUT2D eigenvalue weighted by Gasteiger charge is -2.36. The van der Waals surface area contributed by atoms with Gasteiger partial charge < -0.3 is 39.9 Å². The van der Waals surface area contributed by atoms with Gasteiger partial charge in [-0.2, -0.15) is 0 Å². The Kier molecular flexibility index (Phi) is 9.89. The molecule has 286 valence electrons. The van der Waals surface area contributed by atoms with E-state index in [1.807, 2.05) is 17.2 Å². The Bertz CT molecular complexity index is 2260. The summed E-state index contributed by atoms with van der Waals surface area (Å²) in [7, 11) is 2.59. The maximum atomic E-state index is 13.8. The Hall–Kier alpha value is -5.92. The van der Waals surface area contributed by atoms with E-state index in [4.69, 9.17) is 9.72 Å². The molecule has 4 N–H and O–H groups in total. The zero-order valence-corrected chi connectivity index (χ0v) is 31.3. The third-order valence-corrected chi connectivity index (χ3v) is 11.5. The molecule has 4 amide bonds. The van der Waals surface area contributed by atoms with E-state index in [-0.39, 0.29) is 29.8 Å². The SMILES string of the molecule is COC(=O)N[C@@H](C)C(=O)N1CCC[C@H]1c1ncc(-c2ccc3cc(-c4ccc5nc([C@@H]6CCCN6C(=O)[C@@H](NC(=O)OC)C6CCC6)[nH]c5c4)ccc3c2)[nH]1. The number of carbonyl (C=O) groups is 4. The van der Waals surface area contributed by atoms with Gasteiger partial charge in [-0.3, -0.25) is 9.59 Å². The van der Waals surface area contributed by atoms with Gasteiger partial charge in [0.05, 0.1) is 49.2 Å². The molecule has 55 heavy (non-hydrogen) atoms. The van der Waals surface area contributed by atoms with Crippen molar-refractivity contribution >= 4 is 45.8 Å². The van der Waals surface area contributed by atoms with Crippen LogP contribution in [0, 0.1) is 5.92 Å². The molecule has 0 unspecified atom stereocenters. The van der Waals surface area contributed by atoms with Crippen molar-refractivity contribution in [2.75, 3.05) is 27.3 Å². The molecule has 3 fully saturated rings. The molecular formula is C41H46N8O6. The van der Waals surface area contributed by atoms with Gasteiger partial charge in [0.2, 0.25) is 11.8 Å². The number of aromatic amines is 2. The van der Waals surface area contributed by atoms with Gasteiger partial charge in [-0.15, -0.1) is 0 Å². The smallest absolute Gasteiger partial charge is 0.407 e. The standard InChI is InChI=1S/C41H46N8O6/c1-23(43-40(52)54-2)38(50)48-17-5-9-33(48)36-42-22-32(46-36)29-14-13-25-19-26(11-12-27(25)20-29)28-15-16-30-31(21-28)45-37(44-30)34-10-6-18-49(34)39(51)35(24-7-4-8-24)47-41(53)55-3/h11-16,19-24,33-35H,4-10,17-18H2,1-3H3,(H,42,46)(H,43,52)(H,44,45)(H,47,53)/t23-,33-,34-,35-/m0/s1. The van der Waals surface area contributed by atoms with Gasteiger partial charge >= 0.3 is 12.2 Å². The average Bonchev–Trinajstić information content (AvgIpc) is 4.01. The highest BCUT2D eigenvalue weighted by Gasteiger charge is 2.41. The highest BCUT2D eigenvalue weighted by Crippen LogP contribution is 2.37. The number of hydrogen-bond donors (Lipinski definition) is 4. The highest BCUT2D eigenvalue weighted by atomic mass is 16.5. The number of aromatic nitrogens is 4. The number of imidazole rings is 2. The summed E-state index contributed by atoms with van der Waals surface area (Å²) >= 11 is 0. The zero-order chi connectivity index (χ0) is 38.2. The van der Waals surface area contributed by atoms with Crippen LogP contribution in [-0.2, 0) is 19.1 Å². The van der Waals surface area contributed by atoms with E-state index in [1.165, 1.54) is 14.2 Å². The van der Waals surface area contributed by atoms with Crippen LogP contribution in [0.3, 0.4) is 0 Å². The molecule has 3 aromatic carbocycles. The van der Waals surface area contributed by atoms with Crippen molar-refractivity contribution in [3.05, 3.63) is 72.4 Å². The van der Waals surface area contributed by atoms with Crippen molar-refractivity contribution in [1.82, 2.24) is 40.4 Å². The first-order valence-electron chi connectivity index (χ1n) is 19.1. The monoisotopic (exact) mass is 746 g/mol. The summed E-state index contributed by atoms with van der Waals surface area (Å²) in [6.45, 7) is 2.87. The van der Waals surface area contributed by atoms with Crippen molar-refractivity contribution < 1.29 is 28.7 Å². The summed E-state index contributed by atoms with van der Waals surface area (Å²) in [5.74, 6) is 1.36. The second kappa shape index (κ2) is 15.1. The fourth-order valence-electron chi connectivity index (χ4n) is 8.31. The lowest BCUT2D eigenvalue weighted by atomic mass is 9.79. The number of fused-ring (bicyclic) bond motifs is 2. The van der Waals surface area contributed by atoms with Gasteiger partial charge in [0.15, 0.2) is 0 Å². The van der Waals surface area contributed by atoms with Gasteiger partial charge in [-0.1, -0.05) is 36.8 Å². The quantitative estimate of drug-likeness (QED) is 0.135. The minimum absolute atomic E-state index is 0.0699. The van der Waals surface area contributed by atoms with Crippen molar-refractivity contribution in [2.24, 2.45) is 5.92 Å².